The maximum atomic E-state index is 12.3. The molecule has 6 aromatic carbocycles. The number of nitrogens with two attached hydrogens (primary N) is 2. The van der Waals surface area contributed by atoms with E-state index in [1.165, 1.54) is 0 Å². The number of fused-ring (bicyclic) bond motifs is 2. The second kappa shape index (κ2) is 14.6. The largest absolute Gasteiger partial charge is 0.505 e. The number of hydrogen-bond acceptors (Lipinski definition) is 16. The molecule has 0 fully saturated rings. The quantitative estimate of drug-likeness (QED) is 0.0352. The van der Waals surface area contributed by atoms with Crippen LogP contribution in [0.3, 0.4) is 0 Å². The van der Waals surface area contributed by atoms with E-state index in [9.17, 15) is 53.0 Å². The van der Waals surface area contributed by atoms with Crippen LogP contribution in [0, 0.1) is 13.8 Å². The number of nitrogens with zero attached hydrogens (tertiary/aromatic N) is 4. The number of anilines is 2. The van der Waals surface area contributed by atoms with E-state index in [-0.39, 0.29) is 43.5 Å². The van der Waals surface area contributed by atoms with Crippen LogP contribution in [0.15, 0.2) is 113 Å². The van der Waals surface area contributed by atoms with Crippen LogP contribution in [0.1, 0.15) is 11.1 Å². The van der Waals surface area contributed by atoms with Crippen molar-refractivity contribution >= 4 is 97.3 Å². The molecule has 18 nitrogen and oxygen atoms in total. The van der Waals surface area contributed by atoms with E-state index in [1.807, 2.05) is 0 Å². The average Bonchev–Trinajstić information content (AvgIpc) is 3.10. The van der Waals surface area contributed by atoms with Gasteiger partial charge in [-0.15, -0.1) is 10.2 Å². The number of benzene rings is 6. The van der Waals surface area contributed by atoms with Crippen LogP contribution in [0.2, 0.25) is 0 Å². The first-order chi connectivity index (χ1) is 26.1. The van der Waals surface area contributed by atoms with Gasteiger partial charge in [-0.25, -0.2) is 16.8 Å². The zero-order valence-electron chi connectivity index (χ0n) is 28.6. The van der Waals surface area contributed by atoms with Gasteiger partial charge in [-0.1, -0.05) is 12.1 Å². The Morgan fingerprint density at radius 3 is 1.55 bits per heavy atom. The Morgan fingerprint density at radius 1 is 0.571 bits per heavy atom. The smallest absolute Gasteiger partial charge is 0.296 e. The molecule has 6 rings (SSSR count). The van der Waals surface area contributed by atoms with Crippen LogP contribution < -0.4 is 11.5 Å². The van der Waals surface area contributed by atoms with Crippen molar-refractivity contribution in [1.29, 1.82) is 0 Å². The van der Waals surface area contributed by atoms with Gasteiger partial charge >= 0.3 is 0 Å². The lowest BCUT2D eigenvalue weighted by atomic mass is 10.0. The number of nitrogen functional groups attached to an aromatic ring is 2. The van der Waals surface area contributed by atoms with Crippen molar-refractivity contribution in [2.75, 3.05) is 11.5 Å². The highest BCUT2D eigenvalue weighted by atomic mass is 32.2. The molecular formula is C34H28N6O12S4. The molecule has 0 radical (unpaired) electrons. The van der Waals surface area contributed by atoms with Crippen molar-refractivity contribution in [1.82, 2.24) is 0 Å². The summed E-state index contributed by atoms with van der Waals surface area (Å²) in [6.07, 6.45) is 0. The van der Waals surface area contributed by atoms with Crippen LogP contribution in [0.25, 0.3) is 32.7 Å². The van der Waals surface area contributed by atoms with Gasteiger partial charge in [0.25, 0.3) is 20.2 Å². The van der Waals surface area contributed by atoms with Gasteiger partial charge in [-0.3, -0.25) is 9.11 Å². The van der Waals surface area contributed by atoms with Gasteiger partial charge in [0.2, 0.25) is 0 Å². The number of phenolic OH excluding ortho intramolecular Hbond substituents is 2. The number of phenols is 2. The fourth-order valence-electron chi connectivity index (χ4n) is 5.89. The van der Waals surface area contributed by atoms with Crippen molar-refractivity contribution in [2.45, 2.75) is 33.4 Å². The highest BCUT2D eigenvalue weighted by molar-refractivity contribution is 7.86. The van der Waals surface area contributed by atoms with Crippen molar-refractivity contribution in [3.05, 3.63) is 83.9 Å². The third-order valence-electron chi connectivity index (χ3n) is 8.56. The van der Waals surface area contributed by atoms with Gasteiger partial charge in [0.05, 0.1) is 26.1 Å². The number of aromatic hydroxyl groups is 2. The molecule has 0 aliphatic rings. The topological polar surface area (TPSA) is 319 Å². The van der Waals surface area contributed by atoms with Gasteiger partial charge in [-0.2, -0.15) is 27.1 Å². The maximum absolute atomic E-state index is 12.3. The molecule has 0 aliphatic heterocycles. The van der Waals surface area contributed by atoms with Gasteiger partial charge in [0, 0.05) is 22.1 Å². The minimum absolute atomic E-state index is 0.0770. The summed E-state index contributed by atoms with van der Waals surface area (Å²) < 4.78 is 114. The van der Waals surface area contributed by atoms with Gasteiger partial charge in [0.15, 0.2) is 32.9 Å². The molecule has 8 N–H and O–H groups in total. The third kappa shape index (κ3) is 7.60. The summed E-state index contributed by atoms with van der Waals surface area (Å²) in [5, 5.41) is 37.8. The minimum Gasteiger partial charge on any atom is -0.505 e. The van der Waals surface area contributed by atoms with Gasteiger partial charge < -0.3 is 21.7 Å². The lowest BCUT2D eigenvalue weighted by Gasteiger charge is -2.12. The molecule has 0 aliphatic carbocycles. The second-order valence-corrected chi connectivity index (χ2v) is 17.1. The summed E-state index contributed by atoms with van der Waals surface area (Å²) in [4.78, 5) is -2.16. The monoisotopic (exact) mass is 840 g/mol. The molecule has 0 bridgehead atoms. The molecule has 6 aromatic rings. The Balaban J connectivity index is 1.32. The first-order valence-electron chi connectivity index (χ1n) is 15.6. The summed E-state index contributed by atoms with van der Waals surface area (Å²) in [7, 11) is -16.2. The van der Waals surface area contributed by atoms with E-state index in [2.05, 4.69) is 20.5 Å². The van der Waals surface area contributed by atoms with Crippen LogP contribution in [-0.4, -0.2) is 53.0 Å². The number of aryl methyl sites for hydroxylation is 2. The summed E-state index contributed by atoms with van der Waals surface area (Å²) in [6.45, 7) is 3.39. The molecular weight excluding hydrogens is 813 g/mol. The molecule has 0 heterocycles. The first kappa shape index (κ1) is 39.6. The van der Waals surface area contributed by atoms with E-state index in [4.69, 9.17) is 11.5 Å². The minimum atomic E-state index is -4.99. The van der Waals surface area contributed by atoms with E-state index in [0.29, 0.717) is 27.9 Å². The zero-order valence-corrected chi connectivity index (χ0v) is 32.1. The second-order valence-electron chi connectivity index (χ2n) is 12.3. The van der Waals surface area contributed by atoms with Gasteiger partial charge in [-0.05, 0) is 108 Å². The summed E-state index contributed by atoms with van der Waals surface area (Å²) in [5.74, 6) is -1.43. The highest BCUT2D eigenvalue weighted by Gasteiger charge is 2.24. The molecule has 0 saturated heterocycles. The lowest BCUT2D eigenvalue weighted by molar-refractivity contribution is 0.472. The lowest BCUT2D eigenvalue weighted by Crippen LogP contribution is -2.00. The fraction of sp³-hybridized carbons (Fsp3) is 0.0588. The maximum Gasteiger partial charge on any atom is 0.296 e. The molecule has 22 heteroatoms. The Morgan fingerprint density at radius 2 is 1.07 bits per heavy atom. The Labute approximate surface area is 320 Å². The zero-order chi connectivity index (χ0) is 41.0. The molecule has 56 heavy (non-hydrogen) atoms. The van der Waals surface area contributed by atoms with Crippen LogP contribution in [0.5, 0.6) is 11.5 Å². The molecule has 0 saturated carbocycles. The molecule has 0 amide bonds. The standard InChI is InChI=1S/C34H28N6O12S4/c1-15-7-17(3-5-25(15)37-39-31-27(54(45)46)11-20-10-22(55(47,48)49)14-24(36)30(20)33(31)41)18-4-6-26(16(2)8-18)38-40-32-28(56(50,51)52)12-19-9-21(53(43)44)13-23(35)29(19)34(32)42/h3-14,41-42,53-54H,35-36H2,1-2H3,(H,47,48,49)(H,50,51,52). The van der Waals surface area contributed by atoms with Gasteiger partial charge in [0.1, 0.15) is 16.3 Å². The van der Waals surface area contributed by atoms with E-state index in [0.717, 1.165) is 36.4 Å². The summed E-state index contributed by atoms with van der Waals surface area (Å²) in [6, 6.07) is 16.0. The number of rotatable bonds is 9. The summed E-state index contributed by atoms with van der Waals surface area (Å²) in [5.41, 5.74) is 13.5. The normalized spacial score (nSPS) is 12.6. The van der Waals surface area contributed by atoms with E-state index < -0.39 is 79.2 Å². The average molecular weight is 841 g/mol. The number of azo groups is 2. The van der Waals surface area contributed by atoms with Crippen molar-refractivity contribution < 1.29 is 53.0 Å². The van der Waals surface area contributed by atoms with Crippen molar-refractivity contribution in [3.8, 4) is 22.6 Å². The molecule has 0 aromatic heterocycles. The molecule has 0 unspecified atom stereocenters. The van der Waals surface area contributed by atoms with E-state index in [1.54, 1.807) is 50.2 Å². The fourth-order valence-corrected chi connectivity index (χ4v) is 8.16. The van der Waals surface area contributed by atoms with Crippen LogP contribution in [0.4, 0.5) is 34.1 Å². The highest BCUT2D eigenvalue weighted by Crippen LogP contribution is 2.45. The van der Waals surface area contributed by atoms with Crippen molar-refractivity contribution in [2.24, 2.45) is 20.5 Å². The molecule has 290 valence electrons. The third-order valence-corrected chi connectivity index (χ3v) is 11.7. The molecule has 0 spiro atoms. The Hall–Kier alpha value is -6.04. The Kier molecular flexibility index (Phi) is 10.3. The predicted molar refractivity (Wildman–Crippen MR) is 207 cm³/mol. The number of thiol groups is 2. The van der Waals surface area contributed by atoms with E-state index >= 15 is 0 Å². The Bertz CT molecular complexity index is 3130. The molecule has 0 atom stereocenters. The summed E-state index contributed by atoms with van der Waals surface area (Å²) >= 11 is 0. The van der Waals surface area contributed by atoms with Crippen LogP contribution >= 0.6 is 0 Å². The van der Waals surface area contributed by atoms with Crippen molar-refractivity contribution in [3.63, 3.8) is 0 Å². The predicted octanol–water partition coefficient (Wildman–Crippen LogP) is 6.12. The van der Waals surface area contributed by atoms with Crippen LogP contribution in [-0.2, 0) is 41.6 Å². The SMILES string of the molecule is Cc1cc(-c2ccc(N=Nc3c(S(=O)(=O)O)cc4cc([SH](=O)=O)cc(N)c4c3O)c(C)c2)ccc1N=Nc1c([SH](=O)=O)cc2cc(S(=O)(=O)O)cc(N)c2c1O. The first-order valence-corrected chi connectivity index (χ1v) is 20.9. The number of hydrogen-bond donors (Lipinski definition) is 8.